The summed E-state index contributed by atoms with van der Waals surface area (Å²) in [5, 5.41) is 0.377. The van der Waals surface area contributed by atoms with Crippen LogP contribution in [0.1, 0.15) is 16.1 Å². The van der Waals surface area contributed by atoms with E-state index in [1.807, 2.05) is 24.3 Å². The molecule has 7 nitrogen and oxygen atoms in total. The van der Waals surface area contributed by atoms with Crippen molar-refractivity contribution >= 4 is 40.5 Å². The highest BCUT2D eigenvalue weighted by Gasteiger charge is 2.13. The van der Waals surface area contributed by atoms with Crippen LogP contribution in [0.4, 0.5) is 0 Å². The second-order valence-electron chi connectivity index (χ2n) is 5.40. The smallest absolute Gasteiger partial charge is 0.273 e. The van der Waals surface area contributed by atoms with Gasteiger partial charge in [0.15, 0.2) is 0 Å². The summed E-state index contributed by atoms with van der Waals surface area (Å²) >= 11 is 5.89. The first-order chi connectivity index (χ1) is 13.1. The van der Waals surface area contributed by atoms with E-state index < -0.39 is 11.8 Å². The van der Waals surface area contributed by atoms with Gasteiger partial charge in [0.25, 0.3) is 11.8 Å². The zero-order valence-corrected chi connectivity index (χ0v) is 15.0. The SMILES string of the molecule is COc1ccc(Cl)cc1C(=O)NNC(=O)/C=C/c1cnc2ccccc2n1. The lowest BCUT2D eigenvalue weighted by molar-refractivity contribution is -0.117. The van der Waals surface area contributed by atoms with Gasteiger partial charge in [-0.1, -0.05) is 23.7 Å². The highest BCUT2D eigenvalue weighted by Crippen LogP contribution is 2.22. The number of hydrogen-bond donors (Lipinski definition) is 2. The number of ether oxygens (including phenoxy) is 1. The molecule has 3 rings (SSSR count). The van der Waals surface area contributed by atoms with Crippen LogP contribution in [0.5, 0.6) is 5.75 Å². The minimum absolute atomic E-state index is 0.203. The maximum Gasteiger partial charge on any atom is 0.273 e. The van der Waals surface area contributed by atoms with Crippen LogP contribution in [0, 0.1) is 0 Å². The van der Waals surface area contributed by atoms with E-state index in [0.29, 0.717) is 16.5 Å². The van der Waals surface area contributed by atoms with Gasteiger partial charge in [-0.3, -0.25) is 25.4 Å². The van der Waals surface area contributed by atoms with Crippen molar-refractivity contribution in [1.82, 2.24) is 20.8 Å². The molecule has 0 saturated heterocycles. The number of methoxy groups -OCH3 is 1. The largest absolute Gasteiger partial charge is 0.496 e. The van der Waals surface area contributed by atoms with Gasteiger partial charge in [0, 0.05) is 11.1 Å². The Morgan fingerprint density at radius 2 is 1.89 bits per heavy atom. The Morgan fingerprint density at radius 1 is 1.11 bits per heavy atom. The van der Waals surface area contributed by atoms with Crippen LogP contribution in [0.3, 0.4) is 0 Å². The number of nitrogens with zero attached hydrogens (tertiary/aromatic N) is 2. The maximum atomic E-state index is 12.2. The zero-order valence-electron chi connectivity index (χ0n) is 14.3. The van der Waals surface area contributed by atoms with E-state index >= 15 is 0 Å². The maximum absolute atomic E-state index is 12.2. The molecule has 0 spiro atoms. The molecule has 0 aliphatic heterocycles. The van der Waals surface area contributed by atoms with E-state index in [9.17, 15) is 9.59 Å². The number of rotatable bonds is 4. The molecule has 1 heterocycles. The predicted octanol–water partition coefficient (Wildman–Crippen LogP) is 2.77. The van der Waals surface area contributed by atoms with Gasteiger partial charge in [-0.15, -0.1) is 0 Å². The molecule has 0 aliphatic carbocycles. The fraction of sp³-hybridized carbons (Fsp3) is 0.0526. The number of amides is 2. The van der Waals surface area contributed by atoms with Crippen molar-refractivity contribution in [3.05, 3.63) is 71.0 Å². The van der Waals surface area contributed by atoms with E-state index in [0.717, 1.165) is 11.0 Å². The van der Waals surface area contributed by atoms with Crippen LogP contribution in [0.2, 0.25) is 5.02 Å². The second kappa shape index (κ2) is 8.29. The molecule has 0 radical (unpaired) electrons. The highest BCUT2D eigenvalue weighted by atomic mass is 35.5. The number of carbonyl (C=O) groups excluding carboxylic acids is 2. The molecule has 0 fully saturated rings. The van der Waals surface area contributed by atoms with Crippen molar-refractivity contribution in [2.24, 2.45) is 0 Å². The standard InChI is InChI=1S/C19H15ClN4O3/c1-27-17-8-6-12(20)10-14(17)19(26)24-23-18(25)9-7-13-11-21-15-4-2-3-5-16(15)22-13/h2-11H,1H3,(H,23,25)(H,24,26)/b9-7+. The summed E-state index contributed by atoms with van der Waals surface area (Å²) in [5.41, 5.74) is 6.80. The molecular formula is C19H15ClN4O3. The third kappa shape index (κ3) is 4.59. The molecule has 0 atom stereocenters. The lowest BCUT2D eigenvalue weighted by Gasteiger charge is -2.09. The third-order valence-electron chi connectivity index (χ3n) is 3.58. The number of para-hydroxylation sites is 2. The van der Waals surface area contributed by atoms with Crippen LogP contribution in [-0.2, 0) is 4.79 Å². The first kappa shape index (κ1) is 18.3. The summed E-state index contributed by atoms with van der Waals surface area (Å²) in [4.78, 5) is 32.7. The van der Waals surface area contributed by atoms with E-state index in [1.165, 1.54) is 25.3 Å². The van der Waals surface area contributed by atoms with Gasteiger partial charge < -0.3 is 4.74 Å². The topological polar surface area (TPSA) is 93.2 Å². The molecule has 0 saturated carbocycles. The van der Waals surface area contributed by atoms with Crippen molar-refractivity contribution in [3.63, 3.8) is 0 Å². The molecule has 136 valence electrons. The summed E-state index contributed by atoms with van der Waals surface area (Å²) in [7, 11) is 1.44. The summed E-state index contributed by atoms with van der Waals surface area (Å²) in [6, 6.07) is 12.0. The van der Waals surface area contributed by atoms with Gasteiger partial charge in [-0.2, -0.15) is 0 Å². The van der Waals surface area contributed by atoms with Crippen molar-refractivity contribution in [3.8, 4) is 5.75 Å². The van der Waals surface area contributed by atoms with Gasteiger partial charge >= 0.3 is 0 Å². The van der Waals surface area contributed by atoms with Crippen molar-refractivity contribution in [2.45, 2.75) is 0 Å². The zero-order chi connectivity index (χ0) is 19.2. The normalized spacial score (nSPS) is 10.7. The molecule has 3 aromatic rings. The Balaban J connectivity index is 1.62. The molecule has 0 unspecified atom stereocenters. The number of hydrogen-bond acceptors (Lipinski definition) is 5. The molecule has 2 amide bonds. The number of aromatic nitrogens is 2. The molecule has 0 aliphatic rings. The van der Waals surface area contributed by atoms with Gasteiger partial charge in [-0.25, -0.2) is 4.98 Å². The Kier molecular flexibility index (Phi) is 5.63. The first-order valence-corrected chi connectivity index (χ1v) is 8.28. The lowest BCUT2D eigenvalue weighted by atomic mass is 10.2. The minimum atomic E-state index is -0.554. The molecule has 27 heavy (non-hydrogen) atoms. The first-order valence-electron chi connectivity index (χ1n) is 7.90. The molecular weight excluding hydrogens is 368 g/mol. The summed E-state index contributed by atoms with van der Waals surface area (Å²) in [5.74, 6) is -0.742. The number of carbonyl (C=O) groups is 2. The molecule has 8 heteroatoms. The third-order valence-corrected chi connectivity index (χ3v) is 3.81. The average Bonchev–Trinajstić information content (AvgIpc) is 2.70. The van der Waals surface area contributed by atoms with E-state index in [-0.39, 0.29) is 5.56 Å². The van der Waals surface area contributed by atoms with Crippen molar-refractivity contribution < 1.29 is 14.3 Å². The minimum Gasteiger partial charge on any atom is -0.496 e. The summed E-state index contributed by atoms with van der Waals surface area (Å²) in [6.07, 6.45) is 4.30. The fourth-order valence-electron chi connectivity index (χ4n) is 2.30. The molecule has 2 N–H and O–H groups in total. The number of fused-ring (bicyclic) bond motifs is 1. The quantitative estimate of drug-likeness (QED) is 0.534. The fourth-order valence-corrected chi connectivity index (χ4v) is 2.47. The highest BCUT2D eigenvalue weighted by molar-refractivity contribution is 6.31. The van der Waals surface area contributed by atoms with Crippen LogP contribution in [0.25, 0.3) is 17.1 Å². The van der Waals surface area contributed by atoms with Crippen molar-refractivity contribution in [1.29, 1.82) is 0 Å². The van der Waals surface area contributed by atoms with E-state index in [1.54, 1.807) is 18.3 Å². The van der Waals surface area contributed by atoms with Gasteiger partial charge in [0.2, 0.25) is 0 Å². The molecule has 2 aromatic carbocycles. The summed E-state index contributed by atoms with van der Waals surface area (Å²) < 4.78 is 5.11. The second-order valence-corrected chi connectivity index (χ2v) is 5.84. The van der Waals surface area contributed by atoms with Crippen LogP contribution in [0.15, 0.2) is 54.7 Å². The predicted molar refractivity (Wildman–Crippen MR) is 102 cm³/mol. The number of halogens is 1. The lowest BCUT2D eigenvalue weighted by Crippen LogP contribution is -2.40. The Morgan fingerprint density at radius 3 is 2.67 bits per heavy atom. The molecule has 1 aromatic heterocycles. The monoisotopic (exact) mass is 382 g/mol. The van der Waals surface area contributed by atoms with Gasteiger partial charge in [0.1, 0.15) is 5.75 Å². The van der Waals surface area contributed by atoms with E-state index in [4.69, 9.17) is 16.3 Å². The van der Waals surface area contributed by atoms with Gasteiger partial charge in [-0.05, 0) is 36.4 Å². The van der Waals surface area contributed by atoms with Crippen LogP contribution >= 0.6 is 11.6 Å². The van der Waals surface area contributed by atoms with Gasteiger partial charge in [0.05, 0.1) is 35.6 Å². The number of nitrogens with one attached hydrogen (secondary N) is 2. The Hall–Kier alpha value is -3.45. The van der Waals surface area contributed by atoms with Crippen molar-refractivity contribution in [2.75, 3.05) is 7.11 Å². The number of benzene rings is 2. The number of hydrazine groups is 1. The average molecular weight is 383 g/mol. The van der Waals surface area contributed by atoms with Crippen LogP contribution in [-0.4, -0.2) is 28.9 Å². The Bertz CT molecular complexity index is 1040. The molecule has 0 bridgehead atoms. The Labute approximate surface area is 160 Å². The van der Waals surface area contributed by atoms with E-state index in [2.05, 4.69) is 20.8 Å². The van der Waals surface area contributed by atoms with Crippen LogP contribution < -0.4 is 15.6 Å². The summed E-state index contributed by atoms with van der Waals surface area (Å²) in [6.45, 7) is 0.